The van der Waals surface area contributed by atoms with Crippen LogP contribution in [-0.2, 0) is 19.1 Å². The van der Waals surface area contributed by atoms with Crippen molar-refractivity contribution in [3.8, 4) is 0 Å². The Morgan fingerprint density at radius 3 is 2.56 bits per heavy atom. The smallest absolute Gasteiger partial charge is 0.330 e. The summed E-state index contributed by atoms with van der Waals surface area (Å²) in [5, 5.41) is 0. The van der Waals surface area contributed by atoms with E-state index in [9.17, 15) is 9.59 Å². The SMILES string of the molecule is C=CC(=O)OCC=COC(=O)CCCCCCC. The van der Waals surface area contributed by atoms with E-state index in [1.807, 2.05) is 0 Å². The fourth-order valence-electron chi connectivity index (χ4n) is 1.28. The molecule has 0 spiro atoms. The first-order chi connectivity index (χ1) is 8.70. The number of rotatable bonds is 10. The average molecular weight is 254 g/mol. The summed E-state index contributed by atoms with van der Waals surface area (Å²) < 4.78 is 9.49. The van der Waals surface area contributed by atoms with Gasteiger partial charge < -0.3 is 9.47 Å². The predicted octanol–water partition coefficient (Wildman–Crippen LogP) is 3.13. The first-order valence-corrected chi connectivity index (χ1v) is 6.34. The van der Waals surface area contributed by atoms with E-state index in [1.165, 1.54) is 25.2 Å². The number of ether oxygens (including phenoxy) is 2. The van der Waals surface area contributed by atoms with Crippen LogP contribution < -0.4 is 0 Å². The van der Waals surface area contributed by atoms with E-state index in [2.05, 4.69) is 18.2 Å². The first kappa shape index (κ1) is 16.4. The fraction of sp³-hybridized carbons (Fsp3) is 0.571. The summed E-state index contributed by atoms with van der Waals surface area (Å²) in [5.41, 5.74) is 0. The standard InChI is InChI=1S/C14H22O4/c1-3-5-6-7-8-10-14(16)18-12-9-11-17-13(15)4-2/h4,9,12H,2-3,5-8,10-11H2,1H3. The van der Waals surface area contributed by atoms with Crippen molar-refractivity contribution in [2.24, 2.45) is 0 Å². The molecular formula is C14H22O4. The molecule has 0 radical (unpaired) electrons. The molecule has 0 saturated heterocycles. The minimum Gasteiger partial charge on any atom is -0.458 e. The third-order valence-corrected chi connectivity index (χ3v) is 2.27. The normalized spacial score (nSPS) is 10.3. The highest BCUT2D eigenvalue weighted by Gasteiger charge is 2.00. The number of hydrogen-bond acceptors (Lipinski definition) is 4. The number of carbonyl (C=O) groups excluding carboxylic acids is 2. The molecule has 0 aliphatic carbocycles. The van der Waals surface area contributed by atoms with Crippen LogP contribution in [0, 0.1) is 0 Å². The summed E-state index contributed by atoms with van der Waals surface area (Å²) >= 11 is 0. The Kier molecular flexibility index (Phi) is 10.8. The number of carbonyl (C=O) groups is 2. The van der Waals surface area contributed by atoms with Crippen molar-refractivity contribution in [3.05, 3.63) is 25.0 Å². The van der Waals surface area contributed by atoms with Crippen molar-refractivity contribution in [3.63, 3.8) is 0 Å². The van der Waals surface area contributed by atoms with Crippen molar-refractivity contribution in [2.45, 2.75) is 45.4 Å². The zero-order chi connectivity index (χ0) is 13.6. The zero-order valence-corrected chi connectivity index (χ0v) is 11.0. The van der Waals surface area contributed by atoms with Gasteiger partial charge in [-0.3, -0.25) is 4.79 Å². The summed E-state index contributed by atoms with van der Waals surface area (Å²) in [7, 11) is 0. The second-order valence-electron chi connectivity index (χ2n) is 3.86. The van der Waals surface area contributed by atoms with Gasteiger partial charge in [-0.05, 0) is 12.5 Å². The topological polar surface area (TPSA) is 52.6 Å². The van der Waals surface area contributed by atoms with Crippen LogP contribution in [0.5, 0.6) is 0 Å². The molecule has 0 aromatic heterocycles. The Labute approximate surface area is 109 Å². The summed E-state index contributed by atoms with van der Waals surface area (Å²) in [6, 6.07) is 0. The summed E-state index contributed by atoms with van der Waals surface area (Å²) in [5.74, 6) is -0.750. The van der Waals surface area contributed by atoms with E-state index in [0.717, 1.165) is 25.3 Å². The summed E-state index contributed by atoms with van der Waals surface area (Å²) in [6.45, 7) is 5.49. The molecule has 18 heavy (non-hydrogen) atoms. The molecule has 0 bridgehead atoms. The van der Waals surface area contributed by atoms with Crippen molar-refractivity contribution >= 4 is 11.9 Å². The average Bonchev–Trinajstić information content (AvgIpc) is 2.37. The summed E-state index contributed by atoms with van der Waals surface area (Å²) in [4.78, 5) is 21.9. The Hall–Kier alpha value is -1.58. The van der Waals surface area contributed by atoms with Gasteiger partial charge in [-0.25, -0.2) is 4.79 Å². The van der Waals surface area contributed by atoms with Gasteiger partial charge in [0.1, 0.15) is 6.61 Å². The van der Waals surface area contributed by atoms with Gasteiger partial charge >= 0.3 is 11.9 Å². The highest BCUT2D eigenvalue weighted by molar-refractivity contribution is 5.81. The molecule has 0 saturated carbocycles. The molecule has 102 valence electrons. The molecule has 0 aliphatic heterocycles. The molecule has 0 aliphatic rings. The molecule has 0 rings (SSSR count). The minimum atomic E-state index is -0.498. The maximum atomic E-state index is 11.2. The van der Waals surface area contributed by atoms with E-state index < -0.39 is 5.97 Å². The van der Waals surface area contributed by atoms with E-state index in [0.29, 0.717) is 6.42 Å². The Bertz CT molecular complexity index is 282. The molecule has 0 amide bonds. The number of hydrogen-bond donors (Lipinski definition) is 0. The Morgan fingerprint density at radius 2 is 1.89 bits per heavy atom. The van der Waals surface area contributed by atoms with Crippen molar-refractivity contribution in [2.75, 3.05) is 6.61 Å². The van der Waals surface area contributed by atoms with Crippen LogP contribution in [-0.4, -0.2) is 18.5 Å². The monoisotopic (exact) mass is 254 g/mol. The molecule has 4 heteroatoms. The number of unbranched alkanes of at least 4 members (excludes halogenated alkanes) is 4. The second kappa shape index (κ2) is 11.9. The third-order valence-electron chi connectivity index (χ3n) is 2.27. The van der Waals surface area contributed by atoms with Crippen LogP contribution in [0.4, 0.5) is 0 Å². The van der Waals surface area contributed by atoms with E-state index in [4.69, 9.17) is 4.74 Å². The van der Waals surface area contributed by atoms with Gasteiger partial charge in [-0.2, -0.15) is 0 Å². The third kappa shape index (κ3) is 10.9. The second-order valence-corrected chi connectivity index (χ2v) is 3.86. The Morgan fingerprint density at radius 1 is 1.17 bits per heavy atom. The predicted molar refractivity (Wildman–Crippen MR) is 69.8 cm³/mol. The lowest BCUT2D eigenvalue weighted by molar-refractivity contribution is -0.138. The van der Waals surface area contributed by atoms with Gasteiger partial charge in [0.05, 0.1) is 6.26 Å². The van der Waals surface area contributed by atoms with E-state index in [-0.39, 0.29) is 12.6 Å². The first-order valence-electron chi connectivity index (χ1n) is 6.34. The van der Waals surface area contributed by atoms with Gasteiger partial charge in [-0.1, -0.05) is 39.2 Å². The molecule has 0 fully saturated rings. The van der Waals surface area contributed by atoms with Gasteiger partial charge in [0.15, 0.2) is 0 Å². The lowest BCUT2D eigenvalue weighted by Crippen LogP contribution is -2.01. The van der Waals surface area contributed by atoms with E-state index >= 15 is 0 Å². The highest BCUT2D eigenvalue weighted by atomic mass is 16.5. The highest BCUT2D eigenvalue weighted by Crippen LogP contribution is 2.05. The lowest BCUT2D eigenvalue weighted by Gasteiger charge is -2.00. The largest absolute Gasteiger partial charge is 0.458 e. The van der Waals surface area contributed by atoms with Crippen molar-refractivity contribution < 1.29 is 19.1 Å². The maximum absolute atomic E-state index is 11.2. The molecule has 0 heterocycles. The van der Waals surface area contributed by atoms with Gasteiger partial charge in [0.2, 0.25) is 0 Å². The molecule has 0 N–H and O–H groups in total. The van der Waals surface area contributed by atoms with Gasteiger partial charge in [-0.15, -0.1) is 0 Å². The van der Waals surface area contributed by atoms with Crippen LogP contribution in [0.3, 0.4) is 0 Å². The molecule has 4 nitrogen and oxygen atoms in total. The summed E-state index contributed by atoms with van der Waals surface area (Å²) in [6.07, 6.45) is 9.72. The van der Waals surface area contributed by atoms with Crippen LogP contribution >= 0.6 is 0 Å². The zero-order valence-electron chi connectivity index (χ0n) is 11.0. The molecule has 0 aromatic carbocycles. The van der Waals surface area contributed by atoms with Gasteiger partial charge in [0.25, 0.3) is 0 Å². The van der Waals surface area contributed by atoms with Crippen LogP contribution in [0.1, 0.15) is 45.4 Å². The van der Waals surface area contributed by atoms with Crippen LogP contribution in [0.15, 0.2) is 25.0 Å². The minimum absolute atomic E-state index is 0.0780. The Balaban J connectivity index is 3.43. The van der Waals surface area contributed by atoms with Crippen molar-refractivity contribution in [1.29, 1.82) is 0 Å². The van der Waals surface area contributed by atoms with Crippen molar-refractivity contribution in [1.82, 2.24) is 0 Å². The molecule has 0 aromatic rings. The maximum Gasteiger partial charge on any atom is 0.330 e. The fourth-order valence-corrected chi connectivity index (χ4v) is 1.28. The van der Waals surface area contributed by atoms with Gasteiger partial charge in [0, 0.05) is 12.5 Å². The van der Waals surface area contributed by atoms with Crippen LogP contribution in [0.25, 0.3) is 0 Å². The van der Waals surface area contributed by atoms with E-state index in [1.54, 1.807) is 0 Å². The van der Waals surface area contributed by atoms with Crippen LogP contribution in [0.2, 0.25) is 0 Å². The quantitative estimate of drug-likeness (QED) is 0.260. The lowest BCUT2D eigenvalue weighted by atomic mass is 10.1. The molecule has 0 unspecified atom stereocenters. The number of esters is 2. The molecule has 0 atom stereocenters. The molecular weight excluding hydrogens is 232 g/mol.